The van der Waals surface area contributed by atoms with Gasteiger partial charge in [-0.05, 0) is 55.0 Å². The molecular formula is C20H18BrFN2O3S. The zero-order valence-electron chi connectivity index (χ0n) is 15.2. The van der Waals surface area contributed by atoms with Crippen LogP contribution in [0.4, 0.5) is 10.1 Å². The number of carbonyl (C=O) groups is 2. The number of amides is 1. The molecule has 0 N–H and O–H groups in total. The molecule has 0 unspecified atom stereocenters. The highest BCUT2D eigenvalue weighted by atomic mass is 79.9. The van der Waals surface area contributed by atoms with Gasteiger partial charge < -0.3 is 9.64 Å². The van der Waals surface area contributed by atoms with E-state index in [9.17, 15) is 14.0 Å². The predicted octanol–water partition coefficient (Wildman–Crippen LogP) is 4.48. The average molecular weight is 465 g/mol. The van der Waals surface area contributed by atoms with E-state index in [2.05, 4.69) is 15.9 Å². The molecule has 0 bridgehead atoms. The van der Waals surface area contributed by atoms with Gasteiger partial charge >= 0.3 is 5.97 Å². The summed E-state index contributed by atoms with van der Waals surface area (Å²) in [6.07, 6.45) is 0.107. The van der Waals surface area contributed by atoms with Crippen molar-refractivity contribution < 1.29 is 18.7 Å². The zero-order chi connectivity index (χ0) is 20.5. The second-order valence-electron chi connectivity index (χ2n) is 5.79. The lowest BCUT2D eigenvalue weighted by molar-refractivity contribution is -0.145. The van der Waals surface area contributed by atoms with Crippen molar-refractivity contribution in [3.8, 4) is 6.07 Å². The van der Waals surface area contributed by atoms with Crippen LogP contribution in [0.25, 0.3) is 0 Å². The number of aryl methyl sites for hydroxylation is 1. The molecule has 2 rings (SSSR count). The van der Waals surface area contributed by atoms with Gasteiger partial charge in [0, 0.05) is 21.6 Å². The van der Waals surface area contributed by atoms with E-state index >= 15 is 0 Å². The summed E-state index contributed by atoms with van der Waals surface area (Å²) in [4.78, 5) is 26.7. The van der Waals surface area contributed by atoms with Crippen LogP contribution in [0.5, 0.6) is 0 Å². The lowest BCUT2D eigenvalue weighted by Crippen LogP contribution is -2.35. The van der Waals surface area contributed by atoms with Crippen LogP contribution in [0.1, 0.15) is 12.0 Å². The molecule has 28 heavy (non-hydrogen) atoms. The minimum Gasteiger partial charge on any atom is -0.455 e. The van der Waals surface area contributed by atoms with Gasteiger partial charge in [-0.1, -0.05) is 15.9 Å². The third kappa shape index (κ3) is 6.66. The van der Waals surface area contributed by atoms with Crippen LogP contribution in [0.3, 0.4) is 0 Å². The van der Waals surface area contributed by atoms with E-state index in [-0.39, 0.29) is 18.7 Å². The van der Waals surface area contributed by atoms with Crippen LogP contribution in [0.2, 0.25) is 0 Å². The number of nitrogens with zero attached hydrogens (tertiary/aromatic N) is 2. The van der Waals surface area contributed by atoms with E-state index in [0.717, 1.165) is 14.9 Å². The lowest BCUT2D eigenvalue weighted by atomic mass is 10.2. The topological polar surface area (TPSA) is 70.4 Å². The molecule has 0 radical (unpaired) electrons. The molecule has 0 atom stereocenters. The van der Waals surface area contributed by atoms with E-state index in [4.69, 9.17) is 10.00 Å². The van der Waals surface area contributed by atoms with Crippen molar-refractivity contribution >= 4 is 45.3 Å². The molecule has 0 fully saturated rings. The second kappa shape index (κ2) is 10.8. The minimum atomic E-state index is -0.514. The molecule has 146 valence electrons. The maximum absolute atomic E-state index is 13.1. The van der Waals surface area contributed by atoms with Gasteiger partial charge in [0.05, 0.1) is 18.2 Å². The van der Waals surface area contributed by atoms with Crippen LogP contribution < -0.4 is 4.90 Å². The van der Waals surface area contributed by atoms with E-state index in [1.165, 1.54) is 40.9 Å². The Morgan fingerprint density at radius 3 is 2.61 bits per heavy atom. The number of hydrogen-bond acceptors (Lipinski definition) is 5. The summed E-state index contributed by atoms with van der Waals surface area (Å²) in [5, 5.41) is 8.78. The number of nitriles is 1. The molecule has 2 aromatic carbocycles. The zero-order valence-corrected chi connectivity index (χ0v) is 17.6. The summed E-state index contributed by atoms with van der Waals surface area (Å²) >= 11 is 4.72. The summed E-state index contributed by atoms with van der Waals surface area (Å²) in [7, 11) is 0. The van der Waals surface area contributed by atoms with Crippen molar-refractivity contribution in [3.05, 3.63) is 58.3 Å². The first-order valence-electron chi connectivity index (χ1n) is 8.38. The highest BCUT2D eigenvalue weighted by Gasteiger charge is 2.18. The first kappa shape index (κ1) is 21.9. The second-order valence-corrected chi connectivity index (χ2v) is 7.72. The number of carbonyl (C=O) groups excluding carboxylic acids is 2. The van der Waals surface area contributed by atoms with Gasteiger partial charge in [0.1, 0.15) is 5.82 Å². The first-order valence-corrected chi connectivity index (χ1v) is 10.2. The molecule has 0 spiro atoms. The molecule has 0 aliphatic carbocycles. The molecular weight excluding hydrogens is 447 g/mol. The summed E-state index contributed by atoms with van der Waals surface area (Å²) in [6, 6.07) is 13.0. The Labute approximate surface area is 175 Å². The summed E-state index contributed by atoms with van der Waals surface area (Å²) < 4.78 is 19.1. The quantitative estimate of drug-likeness (QED) is 0.425. The van der Waals surface area contributed by atoms with Crippen LogP contribution >= 0.6 is 27.7 Å². The van der Waals surface area contributed by atoms with Gasteiger partial charge in [-0.2, -0.15) is 5.26 Å². The normalized spacial score (nSPS) is 10.2. The Balaban J connectivity index is 1.91. The van der Waals surface area contributed by atoms with E-state index < -0.39 is 24.3 Å². The van der Waals surface area contributed by atoms with Gasteiger partial charge in [0.15, 0.2) is 6.61 Å². The Hall–Kier alpha value is -2.37. The van der Waals surface area contributed by atoms with Crippen molar-refractivity contribution in [3.63, 3.8) is 0 Å². The van der Waals surface area contributed by atoms with Crippen LogP contribution in [0.15, 0.2) is 51.8 Å². The SMILES string of the molecule is Cc1cc(Br)ccc1SCC(=O)OCC(=O)N(CCC#N)c1ccc(F)cc1. The Bertz CT molecular complexity index is 884. The third-order valence-electron chi connectivity index (χ3n) is 3.73. The number of benzene rings is 2. The minimum absolute atomic E-state index is 0.0739. The van der Waals surface area contributed by atoms with Crippen molar-refractivity contribution in [2.45, 2.75) is 18.2 Å². The maximum Gasteiger partial charge on any atom is 0.316 e. The van der Waals surface area contributed by atoms with Crippen LogP contribution in [-0.2, 0) is 14.3 Å². The molecule has 2 aromatic rings. The number of esters is 1. The number of ether oxygens (including phenoxy) is 1. The van der Waals surface area contributed by atoms with Gasteiger partial charge in [0.25, 0.3) is 5.91 Å². The van der Waals surface area contributed by atoms with Gasteiger partial charge in [-0.25, -0.2) is 4.39 Å². The Morgan fingerprint density at radius 1 is 1.25 bits per heavy atom. The van der Waals surface area contributed by atoms with Gasteiger partial charge in [-0.3, -0.25) is 9.59 Å². The van der Waals surface area contributed by atoms with Gasteiger partial charge in [-0.15, -0.1) is 11.8 Å². The lowest BCUT2D eigenvalue weighted by Gasteiger charge is -2.21. The highest BCUT2D eigenvalue weighted by molar-refractivity contribution is 9.10. The number of anilines is 1. The highest BCUT2D eigenvalue weighted by Crippen LogP contribution is 2.25. The first-order chi connectivity index (χ1) is 13.4. The standard InChI is InChI=1S/C20H18BrFN2O3S/c1-14-11-15(21)3-8-18(14)28-13-20(26)27-12-19(25)24(10-2-9-23)17-6-4-16(22)5-7-17/h3-8,11H,2,10,12-13H2,1H3. The van der Waals surface area contributed by atoms with Crippen LogP contribution in [0, 0.1) is 24.1 Å². The average Bonchev–Trinajstić information content (AvgIpc) is 2.67. The number of hydrogen-bond donors (Lipinski definition) is 0. The molecule has 0 saturated carbocycles. The molecule has 0 aliphatic heterocycles. The van der Waals surface area contributed by atoms with Crippen molar-refractivity contribution in [2.75, 3.05) is 23.8 Å². The fraction of sp³-hybridized carbons (Fsp3) is 0.250. The monoisotopic (exact) mass is 464 g/mol. The summed E-state index contributed by atoms with van der Waals surface area (Å²) in [5.74, 6) is -1.34. The van der Waals surface area contributed by atoms with Crippen molar-refractivity contribution in [2.24, 2.45) is 0 Å². The summed E-state index contributed by atoms with van der Waals surface area (Å²) in [6.45, 7) is 1.63. The Morgan fingerprint density at radius 2 is 1.96 bits per heavy atom. The van der Waals surface area contributed by atoms with Crippen molar-refractivity contribution in [1.82, 2.24) is 0 Å². The largest absolute Gasteiger partial charge is 0.455 e. The summed E-state index contributed by atoms with van der Waals surface area (Å²) in [5.41, 5.74) is 1.47. The molecule has 0 aliphatic rings. The van der Waals surface area contributed by atoms with Crippen LogP contribution in [-0.4, -0.2) is 30.8 Å². The fourth-order valence-electron chi connectivity index (χ4n) is 2.35. The van der Waals surface area contributed by atoms with Crippen molar-refractivity contribution in [1.29, 1.82) is 5.26 Å². The van der Waals surface area contributed by atoms with E-state index in [0.29, 0.717) is 5.69 Å². The number of rotatable bonds is 8. The smallest absolute Gasteiger partial charge is 0.316 e. The van der Waals surface area contributed by atoms with E-state index in [1.807, 2.05) is 31.2 Å². The molecule has 0 saturated heterocycles. The van der Waals surface area contributed by atoms with Gasteiger partial charge in [0.2, 0.25) is 0 Å². The Kier molecular flexibility index (Phi) is 8.48. The van der Waals surface area contributed by atoms with E-state index in [1.54, 1.807) is 0 Å². The maximum atomic E-state index is 13.1. The fourth-order valence-corrected chi connectivity index (χ4v) is 3.64. The number of thioether (sulfide) groups is 1. The molecule has 0 aromatic heterocycles. The molecule has 0 heterocycles. The predicted molar refractivity (Wildman–Crippen MR) is 110 cm³/mol. The molecule has 1 amide bonds. The molecule has 8 heteroatoms. The third-order valence-corrected chi connectivity index (χ3v) is 5.37. The number of halogens is 2. The molecule has 5 nitrogen and oxygen atoms in total.